The van der Waals surface area contributed by atoms with Crippen molar-refractivity contribution in [2.24, 2.45) is 17.8 Å². The van der Waals surface area contributed by atoms with E-state index < -0.39 is 0 Å². The topological polar surface area (TPSA) is 15.3 Å². The van der Waals surface area contributed by atoms with Crippen molar-refractivity contribution >= 4 is 0 Å². The molecule has 3 saturated carbocycles. The second-order valence-corrected chi connectivity index (χ2v) is 8.34. The van der Waals surface area contributed by atoms with Crippen LogP contribution in [0.4, 0.5) is 0 Å². The first-order valence-electron chi connectivity index (χ1n) is 9.25. The Morgan fingerprint density at radius 1 is 1.05 bits per heavy atom. The van der Waals surface area contributed by atoms with Crippen LogP contribution in [0.2, 0.25) is 0 Å². The van der Waals surface area contributed by atoms with Crippen LogP contribution in [0.15, 0.2) is 0 Å². The Balaban J connectivity index is 1.42. The van der Waals surface area contributed by atoms with Crippen LogP contribution in [0.3, 0.4) is 0 Å². The van der Waals surface area contributed by atoms with Crippen LogP contribution in [-0.4, -0.2) is 36.1 Å². The predicted molar refractivity (Wildman–Crippen MR) is 83.8 cm³/mol. The van der Waals surface area contributed by atoms with Gasteiger partial charge in [0.15, 0.2) is 0 Å². The maximum Gasteiger partial charge on any atom is 0.0309 e. The zero-order valence-corrected chi connectivity index (χ0v) is 13.2. The molecule has 1 spiro atoms. The van der Waals surface area contributed by atoms with E-state index in [0.717, 1.165) is 23.8 Å². The molecule has 2 heteroatoms. The van der Waals surface area contributed by atoms with Crippen molar-refractivity contribution in [3.63, 3.8) is 0 Å². The first-order chi connectivity index (χ1) is 9.76. The lowest BCUT2D eigenvalue weighted by atomic mass is 9.79. The van der Waals surface area contributed by atoms with E-state index in [2.05, 4.69) is 17.1 Å². The van der Waals surface area contributed by atoms with Crippen LogP contribution in [0.1, 0.15) is 64.7 Å². The number of rotatable bonds is 4. The van der Waals surface area contributed by atoms with Gasteiger partial charge >= 0.3 is 0 Å². The SMILES string of the molecule is CC1CNC2(CCCCC2)CN1CC(C1CC1)C1CC1. The standard InChI is InChI=1S/C18H32N2/c1-14-11-19-18(9-3-2-4-10-18)13-20(14)12-17(15-5-6-15)16-7-8-16/h14-17,19H,2-13H2,1H3. The molecule has 0 aromatic carbocycles. The molecule has 4 rings (SSSR count). The van der Waals surface area contributed by atoms with Crippen molar-refractivity contribution in [1.29, 1.82) is 0 Å². The van der Waals surface area contributed by atoms with E-state index in [0.29, 0.717) is 5.54 Å². The number of piperazine rings is 1. The molecule has 2 nitrogen and oxygen atoms in total. The normalized spacial score (nSPS) is 34.8. The first kappa shape index (κ1) is 13.6. The van der Waals surface area contributed by atoms with Gasteiger partial charge in [-0.05, 0) is 63.2 Å². The molecule has 4 aliphatic rings. The second kappa shape index (κ2) is 5.28. The fourth-order valence-corrected chi connectivity index (χ4v) is 4.90. The van der Waals surface area contributed by atoms with Crippen LogP contribution in [0, 0.1) is 17.8 Å². The van der Waals surface area contributed by atoms with Crippen LogP contribution in [0.25, 0.3) is 0 Å². The van der Waals surface area contributed by atoms with E-state index in [1.807, 2.05) is 0 Å². The number of nitrogens with zero attached hydrogens (tertiary/aromatic N) is 1. The molecular formula is C18H32N2. The molecule has 1 aliphatic heterocycles. The molecule has 0 bridgehead atoms. The maximum absolute atomic E-state index is 3.94. The average Bonchev–Trinajstić information content (AvgIpc) is 3.34. The van der Waals surface area contributed by atoms with Crippen molar-refractivity contribution in [2.45, 2.75) is 76.3 Å². The van der Waals surface area contributed by atoms with Crippen molar-refractivity contribution in [3.8, 4) is 0 Å². The average molecular weight is 276 g/mol. The summed E-state index contributed by atoms with van der Waals surface area (Å²) >= 11 is 0. The van der Waals surface area contributed by atoms with Gasteiger partial charge in [0.25, 0.3) is 0 Å². The summed E-state index contributed by atoms with van der Waals surface area (Å²) in [6, 6.07) is 0.752. The Morgan fingerprint density at radius 2 is 1.70 bits per heavy atom. The number of hydrogen-bond acceptors (Lipinski definition) is 2. The van der Waals surface area contributed by atoms with E-state index in [1.54, 1.807) is 0 Å². The van der Waals surface area contributed by atoms with Crippen LogP contribution >= 0.6 is 0 Å². The molecule has 1 atom stereocenters. The molecule has 1 N–H and O–H groups in total. The third-order valence-electron chi connectivity index (χ3n) is 6.61. The fourth-order valence-electron chi connectivity index (χ4n) is 4.90. The number of nitrogens with one attached hydrogen (secondary N) is 1. The molecule has 4 fully saturated rings. The lowest BCUT2D eigenvalue weighted by Crippen LogP contribution is -2.64. The Hall–Kier alpha value is -0.0800. The second-order valence-electron chi connectivity index (χ2n) is 8.34. The highest BCUT2D eigenvalue weighted by molar-refractivity contribution is 5.01. The smallest absolute Gasteiger partial charge is 0.0309 e. The molecule has 1 unspecified atom stereocenters. The highest BCUT2D eigenvalue weighted by atomic mass is 15.3. The third kappa shape index (κ3) is 2.78. The molecule has 3 aliphatic carbocycles. The molecule has 0 radical (unpaired) electrons. The Kier molecular flexibility index (Phi) is 3.58. The van der Waals surface area contributed by atoms with Crippen molar-refractivity contribution in [3.05, 3.63) is 0 Å². The summed E-state index contributed by atoms with van der Waals surface area (Å²) in [5, 5.41) is 3.94. The fraction of sp³-hybridized carbons (Fsp3) is 1.00. The summed E-state index contributed by atoms with van der Waals surface area (Å²) in [6.45, 7) is 6.42. The van der Waals surface area contributed by atoms with Gasteiger partial charge < -0.3 is 5.32 Å². The first-order valence-corrected chi connectivity index (χ1v) is 9.25. The molecule has 20 heavy (non-hydrogen) atoms. The molecule has 1 heterocycles. The van der Waals surface area contributed by atoms with Gasteiger partial charge in [-0.2, -0.15) is 0 Å². The van der Waals surface area contributed by atoms with E-state index in [1.165, 1.54) is 77.4 Å². The number of hydrogen-bond donors (Lipinski definition) is 1. The highest BCUT2D eigenvalue weighted by Gasteiger charge is 2.45. The van der Waals surface area contributed by atoms with Gasteiger partial charge in [0.2, 0.25) is 0 Å². The van der Waals surface area contributed by atoms with Crippen molar-refractivity contribution in [1.82, 2.24) is 10.2 Å². The lowest BCUT2D eigenvalue weighted by Gasteiger charge is -2.50. The summed E-state index contributed by atoms with van der Waals surface area (Å²) in [7, 11) is 0. The maximum atomic E-state index is 3.94. The van der Waals surface area contributed by atoms with Crippen LogP contribution in [0.5, 0.6) is 0 Å². The van der Waals surface area contributed by atoms with Gasteiger partial charge in [0.1, 0.15) is 0 Å². The zero-order valence-electron chi connectivity index (χ0n) is 13.2. The van der Waals surface area contributed by atoms with Gasteiger partial charge in [-0.3, -0.25) is 4.90 Å². The third-order valence-corrected chi connectivity index (χ3v) is 6.61. The predicted octanol–water partition coefficient (Wildman–Crippen LogP) is 3.42. The van der Waals surface area contributed by atoms with Gasteiger partial charge in [-0.15, -0.1) is 0 Å². The van der Waals surface area contributed by atoms with Gasteiger partial charge in [-0.1, -0.05) is 19.3 Å². The van der Waals surface area contributed by atoms with Crippen molar-refractivity contribution < 1.29 is 0 Å². The summed E-state index contributed by atoms with van der Waals surface area (Å²) < 4.78 is 0. The van der Waals surface area contributed by atoms with E-state index in [4.69, 9.17) is 0 Å². The molecule has 114 valence electrons. The monoisotopic (exact) mass is 276 g/mol. The summed E-state index contributed by atoms with van der Waals surface area (Å²) in [6.07, 6.45) is 13.3. The van der Waals surface area contributed by atoms with Gasteiger partial charge in [0, 0.05) is 31.2 Å². The minimum Gasteiger partial charge on any atom is -0.308 e. The molecule has 0 aromatic heterocycles. The molecule has 0 aromatic rings. The van der Waals surface area contributed by atoms with Crippen LogP contribution in [-0.2, 0) is 0 Å². The molecule has 1 saturated heterocycles. The molecular weight excluding hydrogens is 244 g/mol. The minimum atomic E-state index is 0.489. The van der Waals surface area contributed by atoms with Gasteiger partial charge in [-0.25, -0.2) is 0 Å². The van der Waals surface area contributed by atoms with Gasteiger partial charge in [0.05, 0.1) is 0 Å². The zero-order chi connectivity index (χ0) is 13.6. The summed E-state index contributed by atoms with van der Waals surface area (Å²) in [4.78, 5) is 2.88. The van der Waals surface area contributed by atoms with Crippen LogP contribution < -0.4 is 5.32 Å². The Bertz CT molecular complexity index is 327. The summed E-state index contributed by atoms with van der Waals surface area (Å²) in [5.41, 5.74) is 0.489. The largest absolute Gasteiger partial charge is 0.308 e. The summed E-state index contributed by atoms with van der Waals surface area (Å²) in [5.74, 6) is 3.26. The van der Waals surface area contributed by atoms with E-state index in [9.17, 15) is 0 Å². The van der Waals surface area contributed by atoms with E-state index in [-0.39, 0.29) is 0 Å². The molecule has 0 amide bonds. The van der Waals surface area contributed by atoms with E-state index >= 15 is 0 Å². The Morgan fingerprint density at radius 3 is 2.30 bits per heavy atom. The quantitative estimate of drug-likeness (QED) is 0.846. The Labute approximate surface area is 124 Å². The van der Waals surface area contributed by atoms with Crippen molar-refractivity contribution in [2.75, 3.05) is 19.6 Å². The minimum absolute atomic E-state index is 0.489. The highest BCUT2D eigenvalue weighted by Crippen LogP contribution is 2.49. The lowest BCUT2D eigenvalue weighted by molar-refractivity contribution is 0.0454.